The van der Waals surface area contributed by atoms with Gasteiger partial charge in [-0.3, -0.25) is 9.69 Å². The van der Waals surface area contributed by atoms with E-state index >= 15 is 0 Å². The van der Waals surface area contributed by atoms with Crippen LogP contribution in [0, 0.1) is 17.8 Å². The average molecular weight is 247 g/mol. The zero-order valence-corrected chi connectivity index (χ0v) is 10.4. The van der Waals surface area contributed by atoms with E-state index in [-0.39, 0.29) is 5.92 Å². The van der Waals surface area contributed by atoms with E-state index in [1.165, 1.54) is 5.56 Å². The van der Waals surface area contributed by atoms with Crippen LogP contribution in [0.5, 0.6) is 5.75 Å². The summed E-state index contributed by atoms with van der Waals surface area (Å²) in [6.07, 6.45) is 0. The van der Waals surface area contributed by atoms with Crippen LogP contribution in [0.2, 0.25) is 0 Å². The number of nitrogens with zero attached hydrogens (tertiary/aromatic N) is 1. The third-order valence-electron chi connectivity index (χ3n) is 4.10. The molecule has 18 heavy (non-hydrogen) atoms. The average Bonchev–Trinajstić information content (AvgIpc) is 2.88. The van der Waals surface area contributed by atoms with Crippen molar-refractivity contribution in [2.45, 2.75) is 6.54 Å². The highest BCUT2D eigenvalue weighted by Gasteiger charge is 2.59. The van der Waals surface area contributed by atoms with Crippen molar-refractivity contribution in [3.05, 3.63) is 29.8 Å². The monoisotopic (exact) mass is 247 g/mol. The third-order valence-corrected chi connectivity index (χ3v) is 4.10. The van der Waals surface area contributed by atoms with E-state index in [4.69, 9.17) is 9.84 Å². The highest BCUT2D eigenvalue weighted by Crippen LogP contribution is 2.51. The molecule has 1 aliphatic heterocycles. The first-order valence-electron chi connectivity index (χ1n) is 6.27. The summed E-state index contributed by atoms with van der Waals surface area (Å²) >= 11 is 0. The molecule has 1 heterocycles. The van der Waals surface area contributed by atoms with Crippen LogP contribution in [0.3, 0.4) is 0 Å². The first kappa shape index (κ1) is 11.5. The number of likely N-dealkylation sites (tertiary alicyclic amines) is 1. The van der Waals surface area contributed by atoms with Crippen LogP contribution < -0.4 is 4.74 Å². The van der Waals surface area contributed by atoms with Gasteiger partial charge in [-0.25, -0.2) is 0 Å². The van der Waals surface area contributed by atoms with E-state index in [0.717, 1.165) is 25.4 Å². The molecule has 1 N–H and O–H groups in total. The van der Waals surface area contributed by atoms with Crippen LogP contribution in [-0.4, -0.2) is 36.2 Å². The van der Waals surface area contributed by atoms with Crippen molar-refractivity contribution in [2.24, 2.45) is 17.8 Å². The van der Waals surface area contributed by atoms with E-state index in [1.54, 1.807) is 7.11 Å². The fourth-order valence-electron chi connectivity index (χ4n) is 3.14. The second-order valence-corrected chi connectivity index (χ2v) is 5.24. The van der Waals surface area contributed by atoms with Crippen LogP contribution in [-0.2, 0) is 11.3 Å². The van der Waals surface area contributed by atoms with Crippen molar-refractivity contribution < 1.29 is 14.6 Å². The van der Waals surface area contributed by atoms with Crippen LogP contribution in [0.25, 0.3) is 0 Å². The van der Waals surface area contributed by atoms with Gasteiger partial charge in [0, 0.05) is 19.6 Å². The summed E-state index contributed by atoms with van der Waals surface area (Å²) in [4.78, 5) is 13.2. The van der Waals surface area contributed by atoms with Gasteiger partial charge in [0.25, 0.3) is 0 Å². The predicted molar refractivity (Wildman–Crippen MR) is 66.4 cm³/mol. The fraction of sp³-hybridized carbons (Fsp3) is 0.500. The number of rotatable bonds is 4. The number of hydrogen-bond acceptors (Lipinski definition) is 3. The summed E-state index contributed by atoms with van der Waals surface area (Å²) in [6.45, 7) is 2.72. The summed E-state index contributed by atoms with van der Waals surface area (Å²) in [5.74, 6) is 0.944. The number of aliphatic carboxylic acids is 1. The Bertz CT molecular complexity index is 462. The van der Waals surface area contributed by atoms with Gasteiger partial charge < -0.3 is 9.84 Å². The van der Waals surface area contributed by atoms with E-state index in [1.807, 2.05) is 18.2 Å². The highest BCUT2D eigenvalue weighted by molar-refractivity contribution is 5.74. The van der Waals surface area contributed by atoms with Crippen molar-refractivity contribution in [2.75, 3.05) is 20.2 Å². The minimum absolute atomic E-state index is 0.0773. The Kier molecular flexibility index (Phi) is 2.74. The molecule has 3 rings (SSSR count). The van der Waals surface area contributed by atoms with Gasteiger partial charge in [-0.15, -0.1) is 0 Å². The van der Waals surface area contributed by atoms with Crippen molar-refractivity contribution in [1.29, 1.82) is 0 Å². The zero-order valence-electron chi connectivity index (χ0n) is 10.4. The number of piperidine rings is 1. The molecule has 4 nitrogen and oxygen atoms in total. The Morgan fingerprint density at radius 1 is 1.44 bits per heavy atom. The lowest BCUT2D eigenvalue weighted by molar-refractivity contribution is -0.139. The maximum atomic E-state index is 10.9. The van der Waals surface area contributed by atoms with Gasteiger partial charge in [0.15, 0.2) is 0 Å². The molecular formula is C14H17NO3. The van der Waals surface area contributed by atoms with Crippen molar-refractivity contribution in [3.63, 3.8) is 0 Å². The highest BCUT2D eigenvalue weighted by atomic mass is 16.5. The Morgan fingerprint density at radius 3 is 2.78 bits per heavy atom. The second kappa shape index (κ2) is 4.28. The zero-order chi connectivity index (χ0) is 12.7. The van der Waals surface area contributed by atoms with Gasteiger partial charge in [-0.05, 0) is 29.5 Å². The summed E-state index contributed by atoms with van der Waals surface area (Å²) in [6, 6.07) is 8.05. The lowest BCUT2D eigenvalue weighted by atomic mass is 10.2. The standard InChI is InChI=1S/C14H17NO3/c1-18-10-4-2-3-9(5-10)6-15-7-11-12(8-15)13(11)14(16)17/h2-5,11-13H,6-8H2,1H3,(H,16,17). The molecule has 0 radical (unpaired) electrons. The quantitative estimate of drug-likeness (QED) is 0.875. The number of fused-ring (bicyclic) bond motifs is 1. The van der Waals surface area contributed by atoms with Gasteiger partial charge in [0.1, 0.15) is 5.75 Å². The van der Waals surface area contributed by atoms with Crippen molar-refractivity contribution in [3.8, 4) is 5.75 Å². The predicted octanol–water partition coefficient (Wildman–Crippen LogP) is 1.46. The minimum Gasteiger partial charge on any atom is -0.497 e. The van der Waals surface area contributed by atoms with Crippen LogP contribution in [0.1, 0.15) is 5.56 Å². The number of carboxylic acids is 1. The molecule has 2 unspecified atom stereocenters. The van der Waals surface area contributed by atoms with Gasteiger partial charge in [0.2, 0.25) is 0 Å². The summed E-state index contributed by atoms with van der Waals surface area (Å²) in [5, 5.41) is 8.97. The molecule has 1 aliphatic carbocycles. The van der Waals surface area contributed by atoms with Gasteiger partial charge in [0.05, 0.1) is 13.0 Å². The van der Waals surface area contributed by atoms with Crippen molar-refractivity contribution >= 4 is 5.97 Å². The van der Waals surface area contributed by atoms with Crippen molar-refractivity contribution in [1.82, 2.24) is 4.90 Å². The molecule has 4 heteroatoms. The molecule has 0 aromatic heterocycles. The van der Waals surface area contributed by atoms with E-state index in [2.05, 4.69) is 11.0 Å². The molecule has 96 valence electrons. The van der Waals surface area contributed by atoms with Crippen LogP contribution >= 0.6 is 0 Å². The molecule has 0 bridgehead atoms. The Labute approximate surface area is 106 Å². The Hall–Kier alpha value is -1.55. The lowest BCUT2D eigenvalue weighted by Crippen LogP contribution is -2.25. The molecule has 1 aromatic carbocycles. The minimum atomic E-state index is -0.619. The van der Waals surface area contributed by atoms with Crippen LogP contribution in [0.15, 0.2) is 24.3 Å². The first-order valence-corrected chi connectivity index (χ1v) is 6.27. The van der Waals surface area contributed by atoms with E-state index in [9.17, 15) is 4.79 Å². The molecule has 1 saturated carbocycles. The van der Waals surface area contributed by atoms with Crippen LogP contribution in [0.4, 0.5) is 0 Å². The number of carboxylic acid groups (broad SMARTS) is 1. The van der Waals surface area contributed by atoms with Gasteiger partial charge in [-0.2, -0.15) is 0 Å². The lowest BCUT2D eigenvalue weighted by Gasteiger charge is -2.18. The third kappa shape index (κ3) is 1.97. The summed E-state index contributed by atoms with van der Waals surface area (Å²) < 4.78 is 5.20. The fourth-order valence-corrected chi connectivity index (χ4v) is 3.14. The number of hydrogen-bond donors (Lipinski definition) is 1. The molecule has 0 amide bonds. The number of carbonyl (C=O) groups is 1. The molecule has 1 saturated heterocycles. The largest absolute Gasteiger partial charge is 0.497 e. The molecule has 2 aliphatic rings. The number of ether oxygens (including phenoxy) is 1. The topological polar surface area (TPSA) is 49.8 Å². The van der Waals surface area contributed by atoms with E-state index in [0.29, 0.717) is 11.8 Å². The SMILES string of the molecule is COc1cccc(CN2CC3C(C2)C3C(=O)O)c1. The number of methoxy groups -OCH3 is 1. The summed E-state index contributed by atoms with van der Waals surface area (Å²) in [7, 11) is 1.67. The second-order valence-electron chi connectivity index (χ2n) is 5.24. The summed E-state index contributed by atoms with van der Waals surface area (Å²) in [5.41, 5.74) is 1.22. The smallest absolute Gasteiger partial charge is 0.307 e. The number of benzene rings is 1. The Balaban J connectivity index is 1.58. The maximum Gasteiger partial charge on any atom is 0.307 e. The maximum absolute atomic E-state index is 10.9. The van der Waals surface area contributed by atoms with E-state index < -0.39 is 5.97 Å². The first-order chi connectivity index (χ1) is 8.69. The molecular weight excluding hydrogens is 230 g/mol. The molecule has 2 fully saturated rings. The molecule has 0 spiro atoms. The molecule has 1 aromatic rings. The molecule has 2 atom stereocenters. The Morgan fingerprint density at radius 2 is 2.17 bits per heavy atom. The van der Waals surface area contributed by atoms with Gasteiger partial charge >= 0.3 is 5.97 Å². The van der Waals surface area contributed by atoms with Gasteiger partial charge in [-0.1, -0.05) is 12.1 Å². The normalized spacial score (nSPS) is 29.9.